The summed E-state index contributed by atoms with van der Waals surface area (Å²) in [6.07, 6.45) is 1.17. The van der Waals surface area contributed by atoms with Crippen molar-refractivity contribution >= 4 is 18.0 Å². The Hall–Kier alpha value is -2.81. The predicted octanol–water partition coefficient (Wildman–Crippen LogP) is 2.76. The Bertz CT molecular complexity index is 784. The standard InChI is InChI=1S/C23H34N2O7/c1-23(2,3)32-22(31)25-17(11-14-6-4-5-7-19(14)26)8-9-24-18-12-15(20(27)28)10-16(13-18)21(29)30/h4-7,15-18,24,26H,8-13H2,1-3H3,(H,25,31)(H,27,28)(H,29,30)/t15-,16+,17-,18?/m1/s1. The number of hydrogen-bond acceptors (Lipinski definition) is 6. The minimum Gasteiger partial charge on any atom is -0.508 e. The maximum Gasteiger partial charge on any atom is 0.407 e. The third kappa shape index (κ3) is 8.37. The number of nitrogens with one attached hydrogen (secondary N) is 2. The van der Waals surface area contributed by atoms with E-state index in [-0.39, 0.29) is 24.3 Å². The van der Waals surface area contributed by atoms with Gasteiger partial charge in [0.2, 0.25) is 0 Å². The number of phenolic OH excluding ortho intramolecular Hbond substituents is 1. The molecule has 1 saturated carbocycles. The Morgan fingerprint density at radius 2 is 1.66 bits per heavy atom. The molecule has 1 amide bonds. The molecule has 1 aliphatic rings. The molecule has 1 aliphatic carbocycles. The van der Waals surface area contributed by atoms with Crippen molar-refractivity contribution in [1.82, 2.24) is 10.6 Å². The Labute approximate surface area is 188 Å². The van der Waals surface area contributed by atoms with Crippen molar-refractivity contribution in [1.29, 1.82) is 0 Å². The molecule has 0 aliphatic heterocycles. The highest BCUT2D eigenvalue weighted by Gasteiger charge is 2.36. The molecule has 0 saturated heterocycles. The van der Waals surface area contributed by atoms with Crippen molar-refractivity contribution in [2.24, 2.45) is 11.8 Å². The van der Waals surface area contributed by atoms with Gasteiger partial charge in [0.15, 0.2) is 0 Å². The second-order valence-corrected chi connectivity index (χ2v) is 9.39. The van der Waals surface area contributed by atoms with Crippen LogP contribution in [0.25, 0.3) is 0 Å². The SMILES string of the molecule is CC(C)(C)OC(=O)N[C@H](CCNC1C[C@@H](C(=O)O)C[C@@H](C(=O)O)C1)Cc1ccccc1O. The zero-order chi connectivity index (χ0) is 23.9. The Balaban J connectivity index is 2.00. The van der Waals surface area contributed by atoms with E-state index in [0.717, 1.165) is 0 Å². The van der Waals surface area contributed by atoms with Crippen LogP contribution in [0.15, 0.2) is 24.3 Å². The van der Waals surface area contributed by atoms with Gasteiger partial charge in [-0.3, -0.25) is 9.59 Å². The number of carbonyl (C=O) groups excluding carboxylic acids is 1. The average molecular weight is 451 g/mol. The molecule has 0 spiro atoms. The first kappa shape index (κ1) is 25.5. The van der Waals surface area contributed by atoms with Crippen LogP contribution in [0, 0.1) is 11.8 Å². The third-order valence-electron chi connectivity index (χ3n) is 5.51. The average Bonchev–Trinajstić information content (AvgIpc) is 2.67. The Kier molecular flexibility index (Phi) is 8.89. The monoisotopic (exact) mass is 450 g/mol. The van der Waals surface area contributed by atoms with Crippen molar-refractivity contribution < 1.29 is 34.4 Å². The lowest BCUT2D eigenvalue weighted by Gasteiger charge is -2.32. The van der Waals surface area contributed by atoms with Crippen LogP contribution in [0.1, 0.15) is 52.0 Å². The molecule has 0 aromatic heterocycles. The van der Waals surface area contributed by atoms with Gasteiger partial charge in [-0.05, 0) is 71.0 Å². The molecular weight excluding hydrogens is 416 g/mol. The maximum absolute atomic E-state index is 12.3. The number of aromatic hydroxyl groups is 1. The molecule has 0 bridgehead atoms. The summed E-state index contributed by atoms with van der Waals surface area (Å²) < 4.78 is 5.35. The lowest BCUT2D eigenvalue weighted by molar-refractivity contribution is -0.148. The second kappa shape index (κ2) is 11.2. The molecule has 1 fully saturated rings. The summed E-state index contributed by atoms with van der Waals surface area (Å²) in [4.78, 5) is 35.1. The topological polar surface area (TPSA) is 145 Å². The van der Waals surface area contributed by atoms with Gasteiger partial charge in [-0.2, -0.15) is 0 Å². The summed E-state index contributed by atoms with van der Waals surface area (Å²) in [5.41, 5.74) is 0.0322. The number of hydrogen-bond donors (Lipinski definition) is 5. The van der Waals surface area contributed by atoms with Crippen molar-refractivity contribution in [3.63, 3.8) is 0 Å². The molecule has 4 atom stereocenters. The Morgan fingerprint density at radius 3 is 2.19 bits per heavy atom. The second-order valence-electron chi connectivity index (χ2n) is 9.39. The summed E-state index contributed by atoms with van der Waals surface area (Å²) in [6, 6.07) is 6.30. The van der Waals surface area contributed by atoms with Crippen LogP contribution in [-0.4, -0.2) is 57.6 Å². The van der Waals surface area contributed by atoms with Gasteiger partial charge in [0, 0.05) is 12.1 Å². The predicted molar refractivity (Wildman–Crippen MR) is 117 cm³/mol. The number of carboxylic acids is 2. The number of para-hydroxylation sites is 1. The van der Waals surface area contributed by atoms with Crippen molar-refractivity contribution in [3.8, 4) is 5.75 Å². The molecule has 1 aromatic carbocycles. The van der Waals surface area contributed by atoms with E-state index in [1.165, 1.54) is 0 Å². The van der Waals surface area contributed by atoms with E-state index >= 15 is 0 Å². The molecule has 9 heteroatoms. The van der Waals surface area contributed by atoms with Gasteiger partial charge in [0.05, 0.1) is 11.8 Å². The molecule has 1 unspecified atom stereocenters. The third-order valence-corrected chi connectivity index (χ3v) is 5.51. The summed E-state index contributed by atoms with van der Waals surface area (Å²) in [6.45, 7) is 5.75. The van der Waals surface area contributed by atoms with E-state index < -0.39 is 35.5 Å². The number of phenols is 1. The summed E-state index contributed by atoms with van der Waals surface area (Å²) in [7, 11) is 0. The fraction of sp³-hybridized carbons (Fsp3) is 0.609. The summed E-state index contributed by atoms with van der Waals surface area (Å²) in [5.74, 6) is -3.21. The van der Waals surface area contributed by atoms with Crippen LogP contribution in [-0.2, 0) is 20.7 Å². The van der Waals surface area contributed by atoms with Crippen molar-refractivity contribution in [3.05, 3.63) is 29.8 Å². The number of amides is 1. The van der Waals surface area contributed by atoms with Crippen LogP contribution in [0.5, 0.6) is 5.75 Å². The van der Waals surface area contributed by atoms with E-state index in [2.05, 4.69) is 10.6 Å². The van der Waals surface area contributed by atoms with Crippen LogP contribution in [0.4, 0.5) is 4.79 Å². The lowest BCUT2D eigenvalue weighted by atomic mass is 9.78. The quantitative estimate of drug-likeness (QED) is 0.386. The minimum absolute atomic E-state index is 0.136. The number of ether oxygens (including phenoxy) is 1. The highest BCUT2D eigenvalue weighted by molar-refractivity contribution is 5.74. The zero-order valence-corrected chi connectivity index (χ0v) is 18.8. The molecule has 1 aromatic rings. The number of carboxylic acid groups (broad SMARTS) is 2. The first-order chi connectivity index (χ1) is 14.9. The molecule has 32 heavy (non-hydrogen) atoms. The summed E-state index contributed by atoms with van der Waals surface area (Å²) >= 11 is 0. The molecule has 9 nitrogen and oxygen atoms in total. The van der Waals surface area contributed by atoms with E-state index in [1.54, 1.807) is 45.0 Å². The zero-order valence-electron chi connectivity index (χ0n) is 18.8. The van der Waals surface area contributed by atoms with Gasteiger partial charge in [-0.25, -0.2) is 4.79 Å². The van der Waals surface area contributed by atoms with Gasteiger partial charge in [-0.15, -0.1) is 0 Å². The smallest absolute Gasteiger partial charge is 0.407 e. The highest BCUT2D eigenvalue weighted by Crippen LogP contribution is 2.30. The molecule has 2 rings (SSSR count). The minimum atomic E-state index is -0.980. The van der Waals surface area contributed by atoms with Gasteiger partial charge in [-0.1, -0.05) is 18.2 Å². The first-order valence-corrected chi connectivity index (χ1v) is 10.9. The van der Waals surface area contributed by atoms with Gasteiger partial charge >= 0.3 is 18.0 Å². The van der Waals surface area contributed by atoms with Crippen LogP contribution in [0.2, 0.25) is 0 Å². The Morgan fingerprint density at radius 1 is 1.06 bits per heavy atom. The van der Waals surface area contributed by atoms with Crippen molar-refractivity contribution in [2.75, 3.05) is 6.54 Å². The molecule has 5 N–H and O–H groups in total. The fourth-order valence-corrected chi connectivity index (χ4v) is 4.00. The van der Waals surface area contributed by atoms with Crippen LogP contribution in [0.3, 0.4) is 0 Å². The van der Waals surface area contributed by atoms with Crippen LogP contribution < -0.4 is 10.6 Å². The summed E-state index contributed by atoms with van der Waals surface area (Å²) in [5, 5.41) is 34.9. The van der Waals surface area contributed by atoms with E-state index in [1.807, 2.05) is 0 Å². The normalized spacial score (nSPS) is 22.0. The van der Waals surface area contributed by atoms with Gasteiger partial charge in [0.25, 0.3) is 0 Å². The number of benzene rings is 1. The maximum atomic E-state index is 12.3. The molecule has 178 valence electrons. The number of carbonyl (C=O) groups is 3. The van der Waals surface area contributed by atoms with Gasteiger partial charge in [0.1, 0.15) is 11.4 Å². The number of rotatable bonds is 9. The number of aliphatic carboxylic acids is 2. The lowest BCUT2D eigenvalue weighted by Crippen LogP contribution is -2.45. The van der Waals surface area contributed by atoms with Gasteiger partial charge < -0.3 is 30.7 Å². The van der Waals surface area contributed by atoms with E-state index in [4.69, 9.17) is 4.74 Å². The molecule has 0 heterocycles. The van der Waals surface area contributed by atoms with E-state index in [0.29, 0.717) is 37.8 Å². The largest absolute Gasteiger partial charge is 0.508 e. The highest BCUT2D eigenvalue weighted by atomic mass is 16.6. The first-order valence-electron chi connectivity index (χ1n) is 10.9. The van der Waals surface area contributed by atoms with Crippen LogP contribution >= 0.6 is 0 Å². The number of alkyl carbamates (subject to hydrolysis) is 1. The fourth-order valence-electron chi connectivity index (χ4n) is 4.00. The molecular formula is C23H34N2O7. The molecule has 0 radical (unpaired) electrons. The van der Waals surface area contributed by atoms with E-state index in [9.17, 15) is 29.7 Å². The van der Waals surface area contributed by atoms with Crippen molar-refractivity contribution in [2.45, 2.75) is 70.6 Å².